The van der Waals surface area contributed by atoms with E-state index in [9.17, 15) is 0 Å². The highest BCUT2D eigenvalue weighted by molar-refractivity contribution is 5.60. The SMILES string of the molecule is CCc1nn(C)cc1NCc1cccc2c1NCCC2. The summed E-state index contributed by atoms with van der Waals surface area (Å²) < 4.78 is 1.87. The molecule has 2 aromatic rings. The number of benzene rings is 1. The summed E-state index contributed by atoms with van der Waals surface area (Å²) >= 11 is 0. The van der Waals surface area contributed by atoms with E-state index in [4.69, 9.17) is 0 Å². The maximum absolute atomic E-state index is 4.47. The van der Waals surface area contributed by atoms with Crippen LogP contribution in [0.3, 0.4) is 0 Å². The third kappa shape index (κ3) is 2.50. The molecule has 0 fully saturated rings. The van der Waals surface area contributed by atoms with Crippen LogP contribution < -0.4 is 10.6 Å². The number of para-hydroxylation sites is 1. The number of nitrogens with zero attached hydrogens (tertiary/aromatic N) is 2. The molecule has 20 heavy (non-hydrogen) atoms. The van der Waals surface area contributed by atoms with Crippen molar-refractivity contribution in [1.29, 1.82) is 0 Å². The van der Waals surface area contributed by atoms with E-state index in [0.29, 0.717) is 0 Å². The Balaban J connectivity index is 1.78. The molecule has 1 aliphatic rings. The lowest BCUT2D eigenvalue weighted by molar-refractivity contribution is 0.746. The minimum Gasteiger partial charge on any atom is -0.385 e. The van der Waals surface area contributed by atoms with Crippen LogP contribution in [0, 0.1) is 0 Å². The number of hydrogen-bond donors (Lipinski definition) is 2. The molecule has 0 atom stereocenters. The highest BCUT2D eigenvalue weighted by atomic mass is 15.3. The maximum Gasteiger partial charge on any atom is 0.0853 e. The van der Waals surface area contributed by atoms with Gasteiger partial charge in [0.05, 0.1) is 11.4 Å². The van der Waals surface area contributed by atoms with Crippen LogP contribution in [0.1, 0.15) is 30.2 Å². The Labute approximate surface area is 120 Å². The van der Waals surface area contributed by atoms with Crippen LogP contribution >= 0.6 is 0 Å². The minimum atomic E-state index is 0.842. The second-order valence-corrected chi connectivity index (χ2v) is 5.35. The Bertz CT molecular complexity index is 601. The molecule has 106 valence electrons. The maximum atomic E-state index is 4.47. The highest BCUT2D eigenvalue weighted by Crippen LogP contribution is 2.27. The van der Waals surface area contributed by atoms with Gasteiger partial charge in [-0.3, -0.25) is 4.68 Å². The number of rotatable bonds is 4. The second kappa shape index (κ2) is 5.57. The molecule has 0 saturated carbocycles. The average Bonchev–Trinajstić information content (AvgIpc) is 2.85. The molecular formula is C16H22N4. The predicted molar refractivity (Wildman–Crippen MR) is 83.2 cm³/mol. The monoisotopic (exact) mass is 270 g/mol. The first kappa shape index (κ1) is 13.0. The minimum absolute atomic E-state index is 0.842. The van der Waals surface area contributed by atoms with Gasteiger partial charge in [-0.2, -0.15) is 5.10 Å². The molecule has 0 saturated heterocycles. The van der Waals surface area contributed by atoms with Crippen LogP contribution in [0.4, 0.5) is 11.4 Å². The van der Waals surface area contributed by atoms with Gasteiger partial charge in [0.1, 0.15) is 0 Å². The van der Waals surface area contributed by atoms with Crippen LogP contribution in [-0.2, 0) is 26.4 Å². The lowest BCUT2D eigenvalue weighted by Gasteiger charge is -2.21. The molecule has 4 heteroatoms. The third-order valence-corrected chi connectivity index (χ3v) is 3.87. The largest absolute Gasteiger partial charge is 0.385 e. The number of aryl methyl sites for hydroxylation is 3. The standard InChI is InChI=1S/C16H22N4/c1-3-14-15(11-20(2)19-14)18-10-13-7-4-6-12-8-5-9-17-16(12)13/h4,6-7,11,17-18H,3,5,8-10H2,1-2H3. The molecule has 1 aliphatic heterocycles. The quantitative estimate of drug-likeness (QED) is 0.897. The molecule has 0 bridgehead atoms. The molecule has 0 radical (unpaired) electrons. The van der Waals surface area contributed by atoms with Crippen molar-refractivity contribution in [3.8, 4) is 0 Å². The van der Waals surface area contributed by atoms with Gasteiger partial charge >= 0.3 is 0 Å². The smallest absolute Gasteiger partial charge is 0.0853 e. The van der Waals surface area contributed by atoms with E-state index in [-0.39, 0.29) is 0 Å². The summed E-state index contributed by atoms with van der Waals surface area (Å²) in [4.78, 5) is 0. The van der Waals surface area contributed by atoms with E-state index in [0.717, 1.165) is 30.9 Å². The first-order chi connectivity index (χ1) is 9.78. The van der Waals surface area contributed by atoms with E-state index in [2.05, 4.69) is 47.1 Å². The zero-order valence-corrected chi connectivity index (χ0v) is 12.2. The summed E-state index contributed by atoms with van der Waals surface area (Å²) in [6.45, 7) is 4.06. The number of fused-ring (bicyclic) bond motifs is 1. The van der Waals surface area contributed by atoms with E-state index in [1.54, 1.807) is 0 Å². The van der Waals surface area contributed by atoms with E-state index >= 15 is 0 Å². The van der Waals surface area contributed by atoms with Crippen molar-refractivity contribution >= 4 is 11.4 Å². The number of anilines is 2. The van der Waals surface area contributed by atoms with Crippen molar-refractivity contribution in [2.75, 3.05) is 17.2 Å². The molecule has 0 aliphatic carbocycles. The predicted octanol–water partition coefficient (Wildman–Crippen LogP) is 2.95. The molecule has 2 N–H and O–H groups in total. The molecule has 1 aromatic carbocycles. The van der Waals surface area contributed by atoms with E-state index in [1.807, 2.05) is 11.7 Å². The topological polar surface area (TPSA) is 41.9 Å². The van der Waals surface area contributed by atoms with Crippen LogP contribution in [0.25, 0.3) is 0 Å². The van der Waals surface area contributed by atoms with Gasteiger partial charge in [0.2, 0.25) is 0 Å². The van der Waals surface area contributed by atoms with Gasteiger partial charge < -0.3 is 10.6 Å². The molecule has 4 nitrogen and oxygen atoms in total. The normalized spacial score (nSPS) is 13.7. The fourth-order valence-electron chi connectivity index (χ4n) is 2.86. The van der Waals surface area contributed by atoms with Crippen LogP contribution in [-0.4, -0.2) is 16.3 Å². The molecule has 3 rings (SSSR count). The molecular weight excluding hydrogens is 248 g/mol. The molecule has 0 amide bonds. The summed E-state index contributed by atoms with van der Waals surface area (Å²) in [5, 5.41) is 11.5. The van der Waals surface area contributed by atoms with Crippen LogP contribution in [0.15, 0.2) is 24.4 Å². The van der Waals surface area contributed by atoms with Gasteiger partial charge in [0.25, 0.3) is 0 Å². The van der Waals surface area contributed by atoms with Crippen molar-refractivity contribution in [2.24, 2.45) is 7.05 Å². The number of nitrogens with one attached hydrogen (secondary N) is 2. The summed E-state index contributed by atoms with van der Waals surface area (Å²) in [7, 11) is 1.97. The van der Waals surface area contributed by atoms with Crippen LogP contribution in [0.5, 0.6) is 0 Å². The Morgan fingerprint density at radius 2 is 2.30 bits per heavy atom. The molecule has 0 unspecified atom stereocenters. The van der Waals surface area contributed by atoms with Crippen molar-refractivity contribution in [1.82, 2.24) is 9.78 Å². The molecule has 2 heterocycles. The van der Waals surface area contributed by atoms with Crippen molar-refractivity contribution < 1.29 is 0 Å². The van der Waals surface area contributed by atoms with Gasteiger partial charge in [-0.1, -0.05) is 25.1 Å². The zero-order chi connectivity index (χ0) is 13.9. The lowest BCUT2D eigenvalue weighted by Crippen LogP contribution is -2.15. The number of aromatic nitrogens is 2. The van der Waals surface area contributed by atoms with Gasteiger partial charge in [-0.15, -0.1) is 0 Å². The molecule has 1 aromatic heterocycles. The lowest BCUT2D eigenvalue weighted by atomic mass is 9.99. The fraction of sp³-hybridized carbons (Fsp3) is 0.438. The summed E-state index contributed by atoms with van der Waals surface area (Å²) in [6.07, 6.45) is 5.42. The van der Waals surface area contributed by atoms with Crippen LogP contribution in [0.2, 0.25) is 0 Å². The van der Waals surface area contributed by atoms with E-state index in [1.165, 1.54) is 29.7 Å². The average molecular weight is 270 g/mol. The van der Waals surface area contributed by atoms with Gasteiger partial charge in [-0.25, -0.2) is 0 Å². The first-order valence-electron chi connectivity index (χ1n) is 7.39. The molecule has 0 spiro atoms. The Kier molecular flexibility index (Phi) is 3.63. The zero-order valence-electron chi connectivity index (χ0n) is 12.2. The number of hydrogen-bond acceptors (Lipinski definition) is 3. The Hall–Kier alpha value is -1.97. The third-order valence-electron chi connectivity index (χ3n) is 3.87. The van der Waals surface area contributed by atoms with Gasteiger partial charge in [0, 0.05) is 32.0 Å². The Morgan fingerprint density at radius 1 is 1.40 bits per heavy atom. The summed E-state index contributed by atoms with van der Waals surface area (Å²) in [5.41, 5.74) is 6.38. The highest BCUT2D eigenvalue weighted by Gasteiger charge is 2.12. The van der Waals surface area contributed by atoms with Crippen molar-refractivity contribution in [2.45, 2.75) is 32.7 Å². The van der Waals surface area contributed by atoms with Crippen molar-refractivity contribution in [3.63, 3.8) is 0 Å². The van der Waals surface area contributed by atoms with Crippen molar-refractivity contribution in [3.05, 3.63) is 41.2 Å². The Morgan fingerprint density at radius 3 is 3.15 bits per heavy atom. The van der Waals surface area contributed by atoms with Gasteiger partial charge in [-0.05, 0) is 30.4 Å². The first-order valence-corrected chi connectivity index (χ1v) is 7.39. The van der Waals surface area contributed by atoms with Gasteiger partial charge in [0.15, 0.2) is 0 Å². The summed E-state index contributed by atoms with van der Waals surface area (Å²) in [6, 6.07) is 6.59. The fourth-order valence-corrected chi connectivity index (χ4v) is 2.86. The van der Waals surface area contributed by atoms with E-state index < -0.39 is 0 Å². The summed E-state index contributed by atoms with van der Waals surface area (Å²) in [5.74, 6) is 0. The second-order valence-electron chi connectivity index (χ2n) is 5.35.